The van der Waals surface area contributed by atoms with Crippen molar-refractivity contribution in [2.24, 2.45) is 0 Å². The molecule has 1 aromatic carbocycles. The maximum absolute atomic E-state index is 11.6. The molecule has 2 atom stereocenters. The summed E-state index contributed by atoms with van der Waals surface area (Å²) in [6.07, 6.45) is 0. The zero-order valence-electron chi connectivity index (χ0n) is 9.21. The van der Waals surface area contributed by atoms with Crippen molar-refractivity contribution < 1.29 is 8.42 Å². The lowest BCUT2D eigenvalue weighted by Gasteiger charge is -2.15. The number of nitrogens with zero attached hydrogens (tertiary/aromatic N) is 1. The van der Waals surface area contributed by atoms with Crippen LogP contribution in [0.3, 0.4) is 0 Å². The van der Waals surface area contributed by atoms with Crippen LogP contribution in [0.2, 0.25) is 0 Å². The molecule has 1 rings (SSSR count). The van der Waals surface area contributed by atoms with E-state index in [0.717, 1.165) is 5.56 Å². The van der Waals surface area contributed by atoms with Crippen molar-refractivity contribution in [1.82, 2.24) is 4.72 Å². The first kappa shape index (κ1) is 12.7. The lowest BCUT2D eigenvalue weighted by atomic mass is 10.1. The Kier molecular flexibility index (Phi) is 4.05. The molecule has 0 aliphatic heterocycles. The predicted octanol–water partition coefficient (Wildman–Crippen LogP) is 1.58. The second kappa shape index (κ2) is 5.10. The van der Waals surface area contributed by atoms with E-state index >= 15 is 0 Å². The number of rotatable bonds is 4. The first-order valence-electron chi connectivity index (χ1n) is 4.93. The normalized spacial score (nSPS) is 15.1. The minimum atomic E-state index is -3.57. The summed E-state index contributed by atoms with van der Waals surface area (Å²) in [6, 6.07) is 10.6. The fourth-order valence-corrected chi connectivity index (χ4v) is 2.20. The van der Waals surface area contributed by atoms with Crippen LogP contribution in [-0.2, 0) is 10.0 Å². The first-order chi connectivity index (χ1) is 7.47. The Labute approximate surface area is 96.0 Å². The van der Waals surface area contributed by atoms with E-state index in [1.807, 2.05) is 30.3 Å². The molecule has 0 saturated carbocycles. The van der Waals surface area contributed by atoms with Gasteiger partial charge in [-0.05, 0) is 19.4 Å². The molecule has 0 aliphatic carbocycles. The Morgan fingerprint density at radius 1 is 1.25 bits per heavy atom. The minimum Gasteiger partial charge on any atom is -0.211 e. The van der Waals surface area contributed by atoms with Gasteiger partial charge >= 0.3 is 0 Å². The van der Waals surface area contributed by atoms with E-state index in [4.69, 9.17) is 5.26 Å². The van der Waals surface area contributed by atoms with Gasteiger partial charge < -0.3 is 0 Å². The fourth-order valence-electron chi connectivity index (χ4n) is 1.23. The van der Waals surface area contributed by atoms with Gasteiger partial charge in [0.25, 0.3) is 0 Å². The van der Waals surface area contributed by atoms with Crippen LogP contribution in [0.15, 0.2) is 30.3 Å². The average Bonchev–Trinajstić information content (AvgIpc) is 2.28. The number of hydrogen-bond acceptors (Lipinski definition) is 3. The van der Waals surface area contributed by atoms with Gasteiger partial charge in [-0.2, -0.15) is 5.26 Å². The fraction of sp³-hybridized carbons (Fsp3) is 0.364. The SMILES string of the molecule is CC(C#N)S(=O)(=O)N[C@@H](C)c1ccccc1. The molecule has 86 valence electrons. The number of benzene rings is 1. The standard InChI is InChI=1S/C11H14N2O2S/c1-9(8-12)16(14,15)13-10(2)11-6-4-3-5-7-11/h3-7,9-10,13H,1-2H3/t9?,10-/m0/s1. The van der Waals surface area contributed by atoms with Crippen molar-refractivity contribution in [3.63, 3.8) is 0 Å². The van der Waals surface area contributed by atoms with Gasteiger partial charge in [-0.3, -0.25) is 0 Å². The molecule has 1 aromatic rings. The molecular weight excluding hydrogens is 224 g/mol. The lowest BCUT2D eigenvalue weighted by Crippen LogP contribution is -2.33. The van der Waals surface area contributed by atoms with E-state index < -0.39 is 15.3 Å². The third-order valence-corrected chi connectivity index (χ3v) is 4.01. The van der Waals surface area contributed by atoms with E-state index in [1.54, 1.807) is 13.0 Å². The van der Waals surface area contributed by atoms with E-state index in [1.165, 1.54) is 6.92 Å². The van der Waals surface area contributed by atoms with Crippen LogP contribution in [0.4, 0.5) is 0 Å². The van der Waals surface area contributed by atoms with Gasteiger partial charge in [-0.15, -0.1) is 0 Å². The summed E-state index contributed by atoms with van der Waals surface area (Å²) in [7, 11) is -3.57. The topological polar surface area (TPSA) is 70.0 Å². The van der Waals surface area contributed by atoms with Crippen molar-refractivity contribution in [3.05, 3.63) is 35.9 Å². The highest BCUT2D eigenvalue weighted by Gasteiger charge is 2.22. The van der Waals surface area contributed by atoms with E-state index in [0.29, 0.717) is 0 Å². The van der Waals surface area contributed by atoms with Crippen molar-refractivity contribution >= 4 is 10.0 Å². The Balaban J connectivity index is 2.81. The summed E-state index contributed by atoms with van der Waals surface area (Å²) in [4.78, 5) is 0. The lowest BCUT2D eigenvalue weighted by molar-refractivity contribution is 0.562. The molecule has 0 bridgehead atoms. The van der Waals surface area contributed by atoms with E-state index in [2.05, 4.69) is 4.72 Å². The van der Waals surface area contributed by atoms with Gasteiger partial charge in [0.15, 0.2) is 5.25 Å². The molecule has 0 radical (unpaired) electrons. The largest absolute Gasteiger partial charge is 0.228 e. The molecule has 0 spiro atoms. The molecule has 0 saturated heterocycles. The van der Waals surface area contributed by atoms with Crippen LogP contribution in [0.25, 0.3) is 0 Å². The van der Waals surface area contributed by atoms with Gasteiger partial charge in [0.1, 0.15) is 0 Å². The maximum Gasteiger partial charge on any atom is 0.228 e. The maximum atomic E-state index is 11.6. The van der Waals surface area contributed by atoms with Gasteiger partial charge in [0.2, 0.25) is 10.0 Å². The summed E-state index contributed by atoms with van der Waals surface area (Å²) in [5.74, 6) is 0. The molecule has 4 nitrogen and oxygen atoms in total. The zero-order chi connectivity index (χ0) is 12.2. The highest BCUT2D eigenvalue weighted by Crippen LogP contribution is 2.13. The predicted molar refractivity (Wildman–Crippen MR) is 62.0 cm³/mol. The molecule has 0 aliphatic rings. The van der Waals surface area contributed by atoms with Crippen LogP contribution in [0.1, 0.15) is 25.5 Å². The monoisotopic (exact) mass is 238 g/mol. The smallest absolute Gasteiger partial charge is 0.211 e. The summed E-state index contributed by atoms with van der Waals surface area (Å²) in [6.45, 7) is 3.11. The van der Waals surface area contributed by atoms with Gasteiger partial charge in [0.05, 0.1) is 6.07 Å². The molecule has 0 aromatic heterocycles. The number of nitrogens with one attached hydrogen (secondary N) is 1. The molecule has 0 heterocycles. The average molecular weight is 238 g/mol. The van der Waals surface area contributed by atoms with Crippen molar-refractivity contribution in [3.8, 4) is 6.07 Å². The third-order valence-electron chi connectivity index (χ3n) is 2.29. The van der Waals surface area contributed by atoms with Gasteiger partial charge in [0, 0.05) is 6.04 Å². The van der Waals surface area contributed by atoms with Gasteiger partial charge in [-0.25, -0.2) is 13.1 Å². The van der Waals surface area contributed by atoms with Crippen molar-refractivity contribution in [2.45, 2.75) is 25.1 Å². The minimum absolute atomic E-state index is 0.331. The van der Waals surface area contributed by atoms with Gasteiger partial charge in [-0.1, -0.05) is 30.3 Å². The second-order valence-corrected chi connectivity index (χ2v) is 5.60. The van der Waals surface area contributed by atoms with Crippen LogP contribution in [0.5, 0.6) is 0 Å². The summed E-state index contributed by atoms with van der Waals surface area (Å²) >= 11 is 0. The number of nitriles is 1. The second-order valence-electron chi connectivity index (χ2n) is 3.57. The highest BCUT2D eigenvalue weighted by molar-refractivity contribution is 7.90. The molecule has 0 fully saturated rings. The molecule has 5 heteroatoms. The molecule has 16 heavy (non-hydrogen) atoms. The van der Waals surface area contributed by atoms with E-state index in [9.17, 15) is 8.42 Å². The Hall–Kier alpha value is -1.38. The van der Waals surface area contributed by atoms with Crippen LogP contribution >= 0.6 is 0 Å². The third kappa shape index (κ3) is 3.05. The van der Waals surface area contributed by atoms with Crippen molar-refractivity contribution in [1.29, 1.82) is 5.26 Å². The van der Waals surface area contributed by atoms with Crippen LogP contribution in [0, 0.1) is 11.3 Å². The summed E-state index contributed by atoms with van der Waals surface area (Å²) < 4.78 is 25.7. The van der Waals surface area contributed by atoms with Crippen molar-refractivity contribution in [2.75, 3.05) is 0 Å². The summed E-state index contributed by atoms with van der Waals surface area (Å²) in [5, 5.41) is 7.54. The Morgan fingerprint density at radius 3 is 2.31 bits per heavy atom. The quantitative estimate of drug-likeness (QED) is 0.865. The molecule has 1 N–H and O–H groups in total. The van der Waals surface area contributed by atoms with E-state index in [-0.39, 0.29) is 6.04 Å². The zero-order valence-corrected chi connectivity index (χ0v) is 10.0. The number of hydrogen-bond donors (Lipinski definition) is 1. The molecule has 1 unspecified atom stereocenters. The summed E-state index contributed by atoms with van der Waals surface area (Å²) in [5.41, 5.74) is 0.871. The highest BCUT2D eigenvalue weighted by atomic mass is 32.2. The molecule has 0 amide bonds. The van der Waals surface area contributed by atoms with Crippen LogP contribution < -0.4 is 4.72 Å². The van der Waals surface area contributed by atoms with Crippen LogP contribution in [-0.4, -0.2) is 13.7 Å². The Morgan fingerprint density at radius 2 is 1.81 bits per heavy atom. The number of sulfonamides is 1. The first-order valence-corrected chi connectivity index (χ1v) is 6.47. The molecular formula is C11H14N2O2S. The Bertz CT molecular complexity index is 476.